The summed E-state index contributed by atoms with van der Waals surface area (Å²) in [5.41, 5.74) is 2.93. The molecule has 1 aliphatic rings. The molecule has 1 aromatic carbocycles. The van der Waals surface area contributed by atoms with E-state index in [0.29, 0.717) is 5.75 Å². The van der Waals surface area contributed by atoms with Gasteiger partial charge in [-0.15, -0.1) is 10.2 Å². The van der Waals surface area contributed by atoms with Crippen molar-refractivity contribution in [1.82, 2.24) is 19.7 Å². The molecule has 0 bridgehead atoms. The zero-order chi connectivity index (χ0) is 18.8. The second-order valence-electron chi connectivity index (χ2n) is 6.43. The summed E-state index contributed by atoms with van der Waals surface area (Å²) in [6.07, 6.45) is 0. The maximum Gasteiger partial charge on any atom is 0.228 e. The SMILES string of the molecule is CCn1c(SCc2nc3ccccc3c(C)c2Cl)nnc1N1CCOCC1. The molecule has 0 atom stereocenters. The molecular weight excluding hydrogens is 382 g/mol. The third-order valence-corrected chi connectivity index (χ3v) is 6.27. The van der Waals surface area contributed by atoms with Gasteiger partial charge in [0.1, 0.15) is 0 Å². The van der Waals surface area contributed by atoms with Gasteiger partial charge in [-0.25, -0.2) is 0 Å². The number of para-hydroxylation sites is 1. The summed E-state index contributed by atoms with van der Waals surface area (Å²) in [5, 5.41) is 11.6. The fraction of sp³-hybridized carbons (Fsp3) is 0.421. The smallest absolute Gasteiger partial charge is 0.228 e. The van der Waals surface area contributed by atoms with E-state index in [0.717, 1.165) is 71.1 Å². The van der Waals surface area contributed by atoms with Gasteiger partial charge in [-0.05, 0) is 25.5 Å². The van der Waals surface area contributed by atoms with Crippen LogP contribution < -0.4 is 4.90 Å². The first-order valence-electron chi connectivity index (χ1n) is 9.11. The van der Waals surface area contributed by atoms with Gasteiger partial charge in [0.05, 0.1) is 29.4 Å². The molecule has 3 heterocycles. The number of anilines is 1. The fourth-order valence-corrected chi connectivity index (χ4v) is 4.54. The van der Waals surface area contributed by atoms with Gasteiger partial charge in [-0.1, -0.05) is 41.6 Å². The molecule has 1 fully saturated rings. The Balaban J connectivity index is 1.58. The third-order valence-electron chi connectivity index (χ3n) is 4.79. The molecule has 1 saturated heterocycles. The van der Waals surface area contributed by atoms with E-state index in [1.165, 1.54) is 0 Å². The van der Waals surface area contributed by atoms with Crippen LogP contribution in [0.4, 0.5) is 5.95 Å². The molecule has 1 aliphatic heterocycles. The highest BCUT2D eigenvalue weighted by molar-refractivity contribution is 7.98. The Morgan fingerprint density at radius 1 is 1.19 bits per heavy atom. The number of halogens is 1. The predicted molar refractivity (Wildman–Crippen MR) is 110 cm³/mol. The van der Waals surface area contributed by atoms with Crippen LogP contribution in [0.1, 0.15) is 18.2 Å². The zero-order valence-corrected chi connectivity index (χ0v) is 17.1. The molecule has 0 amide bonds. The lowest BCUT2D eigenvalue weighted by molar-refractivity contribution is 0.121. The van der Waals surface area contributed by atoms with Crippen LogP contribution in [0.25, 0.3) is 10.9 Å². The van der Waals surface area contributed by atoms with Gasteiger partial charge in [0.2, 0.25) is 5.95 Å². The van der Waals surface area contributed by atoms with Gasteiger partial charge in [-0.3, -0.25) is 9.55 Å². The van der Waals surface area contributed by atoms with E-state index < -0.39 is 0 Å². The highest BCUT2D eigenvalue weighted by atomic mass is 35.5. The molecule has 0 unspecified atom stereocenters. The molecule has 0 spiro atoms. The molecule has 142 valence electrons. The highest BCUT2D eigenvalue weighted by Gasteiger charge is 2.20. The van der Waals surface area contributed by atoms with E-state index in [1.54, 1.807) is 11.8 Å². The lowest BCUT2D eigenvalue weighted by Crippen LogP contribution is -2.38. The van der Waals surface area contributed by atoms with E-state index in [2.05, 4.69) is 32.7 Å². The molecule has 27 heavy (non-hydrogen) atoms. The zero-order valence-electron chi connectivity index (χ0n) is 15.5. The van der Waals surface area contributed by atoms with Crippen LogP contribution >= 0.6 is 23.4 Å². The number of morpholine rings is 1. The normalized spacial score (nSPS) is 14.9. The quantitative estimate of drug-likeness (QED) is 0.601. The lowest BCUT2D eigenvalue weighted by atomic mass is 10.1. The summed E-state index contributed by atoms with van der Waals surface area (Å²) < 4.78 is 7.59. The Hall–Kier alpha value is -1.83. The van der Waals surface area contributed by atoms with Crippen molar-refractivity contribution < 1.29 is 4.74 Å². The minimum Gasteiger partial charge on any atom is -0.378 e. The largest absolute Gasteiger partial charge is 0.378 e. The van der Waals surface area contributed by atoms with Crippen molar-refractivity contribution in [3.63, 3.8) is 0 Å². The van der Waals surface area contributed by atoms with Crippen molar-refractivity contribution in [3.8, 4) is 0 Å². The predicted octanol–water partition coefficient (Wildman–Crippen LogP) is 3.94. The van der Waals surface area contributed by atoms with Crippen LogP contribution in [0.2, 0.25) is 5.02 Å². The molecule has 0 aliphatic carbocycles. The average Bonchev–Trinajstić information content (AvgIpc) is 3.13. The molecule has 4 rings (SSSR count). The molecule has 0 radical (unpaired) electrons. The maximum absolute atomic E-state index is 6.60. The van der Waals surface area contributed by atoms with Crippen LogP contribution in [-0.2, 0) is 17.0 Å². The van der Waals surface area contributed by atoms with Crippen molar-refractivity contribution in [1.29, 1.82) is 0 Å². The summed E-state index contributed by atoms with van der Waals surface area (Å²) in [6.45, 7) is 8.14. The number of aryl methyl sites for hydroxylation is 1. The molecule has 0 saturated carbocycles. The minimum absolute atomic E-state index is 0.658. The van der Waals surface area contributed by atoms with E-state index in [4.69, 9.17) is 21.3 Å². The van der Waals surface area contributed by atoms with Crippen LogP contribution in [0.15, 0.2) is 29.4 Å². The molecule has 3 aromatic rings. The Kier molecular flexibility index (Phi) is 5.52. The average molecular weight is 404 g/mol. The van der Waals surface area contributed by atoms with Gasteiger partial charge in [0.15, 0.2) is 5.16 Å². The number of thioether (sulfide) groups is 1. The number of pyridine rings is 1. The van der Waals surface area contributed by atoms with Crippen LogP contribution in [0, 0.1) is 6.92 Å². The molecule has 8 heteroatoms. The second-order valence-corrected chi connectivity index (χ2v) is 7.75. The molecule has 6 nitrogen and oxygen atoms in total. The maximum atomic E-state index is 6.60. The summed E-state index contributed by atoms with van der Waals surface area (Å²) in [6, 6.07) is 8.10. The van der Waals surface area contributed by atoms with Crippen molar-refractivity contribution >= 4 is 40.2 Å². The van der Waals surface area contributed by atoms with Crippen LogP contribution in [-0.4, -0.2) is 46.1 Å². The number of aromatic nitrogens is 4. The summed E-state index contributed by atoms with van der Waals surface area (Å²) in [7, 11) is 0. The highest BCUT2D eigenvalue weighted by Crippen LogP contribution is 2.31. The van der Waals surface area contributed by atoms with Crippen molar-refractivity contribution in [2.75, 3.05) is 31.2 Å². The first-order chi connectivity index (χ1) is 13.2. The number of benzene rings is 1. The van der Waals surface area contributed by atoms with E-state index in [1.807, 2.05) is 25.1 Å². The van der Waals surface area contributed by atoms with Gasteiger partial charge in [-0.2, -0.15) is 0 Å². The standard InChI is InChI=1S/C19H22ClN5OS/c1-3-25-18(24-8-10-26-11-9-24)22-23-19(25)27-12-16-17(20)13(2)14-6-4-5-7-15(14)21-16/h4-7H,3,8-12H2,1-2H3. The van der Waals surface area contributed by atoms with Crippen LogP contribution in [0.5, 0.6) is 0 Å². The monoisotopic (exact) mass is 403 g/mol. The minimum atomic E-state index is 0.658. The van der Waals surface area contributed by atoms with Crippen molar-refractivity contribution in [2.45, 2.75) is 31.3 Å². The molecular formula is C19H22ClN5OS. The molecule has 0 N–H and O–H groups in total. The second kappa shape index (κ2) is 8.04. The van der Waals surface area contributed by atoms with Gasteiger partial charge >= 0.3 is 0 Å². The number of rotatable bonds is 5. The Morgan fingerprint density at radius 3 is 2.74 bits per heavy atom. The number of fused-ring (bicyclic) bond motifs is 1. The molecule has 2 aromatic heterocycles. The van der Waals surface area contributed by atoms with Crippen molar-refractivity contribution in [3.05, 3.63) is 40.5 Å². The number of hydrogen-bond donors (Lipinski definition) is 0. The van der Waals surface area contributed by atoms with E-state index in [9.17, 15) is 0 Å². The fourth-order valence-electron chi connectivity index (χ4n) is 3.31. The van der Waals surface area contributed by atoms with Gasteiger partial charge in [0.25, 0.3) is 0 Å². The summed E-state index contributed by atoms with van der Waals surface area (Å²) >= 11 is 8.22. The first kappa shape index (κ1) is 18.5. The number of ether oxygens (including phenoxy) is 1. The summed E-state index contributed by atoms with van der Waals surface area (Å²) in [5.74, 6) is 1.57. The first-order valence-corrected chi connectivity index (χ1v) is 10.5. The lowest BCUT2D eigenvalue weighted by Gasteiger charge is -2.27. The Morgan fingerprint density at radius 2 is 1.96 bits per heavy atom. The number of nitrogens with zero attached hydrogens (tertiary/aromatic N) is 5. The van der Waals surface area contributed by atoms with E-state index >= 15 is 0 Å². The van der Waals surface area contributed by atoms with Gasteiger partial charge < -0.3 is 9.64 Å². The summed E-state index contributed by atoms with van der Waals surface area (Å²) in [4.78, 5) is 7.00. The van der Waals surface area contributed by atoms with Crippen LogP contribution in [0.3, 0.4) is 0 Å². The topological polar surface area (TPSA) is 56.1 Å². The Bertz CT molecular complexity index is 955. The number of hydrogen-bond acceptors (Lipinski definition) is 6. The Labute approximate surface area is 167 Å². The third kappa shape index (κ3) is 3.63. The van der Waals surface area contributed by atoms with Crippen molar-refractivity contribution in [2.24, 2.45) is 0 Å². The van der Waals surface area contributed by atoms with E-state index in [-0.39, 0.29) is 0 Å². The van der Waals surface area contributed by atoms with Gasteiger partial charge in [0, 0.05) is 30.8 Å².